The standard InChI is InChI=1S/C15H24N2O/c1-9-2-12(9)13(18)17-15-6-10-3-11(7-15)5-14(16,4-10)8-15/h9-12H,2-8,16H2,1H3,(H,17,18). The number of nitrogens with one attached hydrogen (secondary N) is 1. The minimum absolute atomic E-state index is 0.0343. The average Bonchev–Trinajstić information content (AvgIpc) is 2.90. The normalized spacial score (nSPS) is 56.6. The molecule has 0 aromatic rings. The van der Waals surface area contributed by atoms with Crippen LogP contribution in [0.15, 0.2) is 0 Å². The average molecular weight is 248 g/mol. The fraction of sp³-hybridized carbons (Fsp3) is 0.933. The quantitative estimate of drug-likeness (QED) is 0.783. The zero-order valence-corrected chi connectivity index (χ0v) is 11.2. The molecule has 4 bridgehead atoms. The predicted octanol–water partition coefficient (Wildman–Crippen LogP) is 1.81. The largest absolute Gasteiger partial charge is 0.350 e. The molecule has 18 heavy (non-hydrogen) atoms. The molecule has 5 saturated carbocycles. The third-order valence-electron chi connectivity index (χ3n) is 5.94. The Morgan fingerprint density at radius 2 is 1.78 bits per heavy atom. The lowest BCUT2D eigenvalue weighted by Gasteiger charge is -2.61. The van der Waals surface area contributed by atoms with Gasteiger partial charge < -0.3 is 11.1 Å². The molecule has 3 nitrogen and oxygen atoms in total. The molecule has 3 N–H and O–H groups in total. The summed E-state index contributed by atoms with van der Waals surface area (Å²) >= 11 is 0. The van der Waals surface area contributed by atoms with Crippen LogP contribution in [0.4, 0.5) is 0 Å². The van der Waals surface area contributed by atoms with E-state index in [2.05, 4.69) is 12.2 Å². The molecule has 0 saturated heterocycles. The van der Waals surface area contributed by atoms with Crippen molar-refractivity contribution in [2.75, 3.05) is 0 Å². The summed E-state index contributed by atoms with van der Waals surface area (Å²) in [5.74, 6) is 2.76. The first-order valence-electron chi connectivity index (χ1n) is 7.58. The van der Waals surface area contributed by atoms with Gasteiger partial charge in [0.05, 0.1) is 0 Å². The summed E-state index contributed by atoms with van der Waals surface area (Å²) in [5.41, 5.74) is 6.65. The van der Waals surface area contributed by atoms with E-state index in [9.17, 15) is 4.79 Å². The Balaban J connectivity index is 1.54. The molecule has 0 heterocycles. The molecule has 5 rings (SSSR count). The highest BCUT2D eigenvalue weighted by Crippen LogP contribution is 2.56. The maximum Gasteiger partial charge on any atom is 0.223 e. The summed E-state index contributed by atoms with van der Waals surface area (Å²) in [5, 5.41) is 3.42. The zero-order valence-electron chi connectivity index (χ0n) is 11.2. The fourth-order valence-electron chi connectivity index (χ4n) is 5.52. The lowest BCUT2D eigenvalue weighted by Crippen LogP contribution is -2.68. The van der Waals surface area contributed by atoms with Gasteiger partial charge in [-0.25, -0.2) is 0 Å². The van der Waals surface area contributed by atoms with E-state index in [0.29, 0.717) is 17.7 Å². The van der Waals surface area contributed by atoms with Crippen LogP contribution in [0, 0.1) is 23.7 Å². The van der Waals surface area contributed by atoms with E-state index < -0.39 is 0 Å². The molecule has 0 radical (unpaired) electrons. The Labute approximate surface area is 109 Å². The molecular formula is C15H24N2O. The van der Waals surface area contributed by atoms with E-state index in [4.69, 9.17) is 5.73 Å². The van der Waals surface area contributed by atoms with Crippen LogP contribution < -0.4 is 11.1 Å². The maximum absolute atomic E-state index is 12.3. The molecule has 4 unspecified atom stereocenters. The molecule has 5 fully saturated rings. The number of hydrogen-bond acceptors (Lipinski definition) is 2. The lowest BCUT2D eigenvalue weighted by molar-refractivity contribution is -0.128. The highest BCUT2D eigenvalue weighted by molar-refractivity contribution is 5.82. The van der Waals surface area contributed by atoms with Crippen LogP contribution in [0.25, 0.3) is 0 Å². The highest BCUT2D eigenvalue weighted by atomic mass is 16.2. The number of rotatable bonds is 2. The summed E-state index contributed by atoms with van der Waals surface area (Å²) < 4.78 is 0. The third-order valence-corrected chi connectivity index (χ3v) is 5.94. The molecule has 0 aliphatic heterocycles. The van der Waals surface area contributed by atoms with Crippen molar-refractivity contribution in [3.05, 3.63) is 0 Å². The van der Waals surface area contributed by atoms with Crippen LogP contribution in [-0.4, -0.2) is 17.0 Å². The van der Waals surface area contributed by atoms with Gasteiger partial charge in [0.15, 0.2) is 0 Å². The van der Waals surface area contributed by atoms with Gasteiger partial charge in [0.1, 0.15) is 0 Å². The monoisotopic (exact) mass is 248 g/mol. The van der Waals surface area contributed by atoms with Gasteiger partial charge in [0.25, 0.3) is 0 Å². The van der Waals surface area contributed by atoms with Crippen molar-refractivity contribution in [1.29, 1.82) is 0 Å². The van der Waals surface area contributed by atoms with Gasteiger partial charge in [-0.2, -0.15) is 0 Å². The Morgan fingerprint density at radius 3 is 2.28 bits per heavy atom. The van der Waals surface area contributed by atoms with Gasteiger partial charge in [-0.15, -0.1) is 0 Å². The zero-order chi connectivity index (χ0) is 12.5. The SMILES string of the molecule is CC1CC1C(=O)NC12CC3CC(CC(N)(C3)C1)C2. The summed E-state index contributed by atoms with van der Waals surface area (Å²) in [6.45, 7) is 2.17. The van der Waals surface area contributed by atoms with Crippen LogP contribution >= 0.6 is 0 Å². The number of amides is 1. The van der Waals surface area contributed by atoms with Crippen molar-refractivity contribution in [1.82, 2.24) is 5.32 Å². The van der Waals surface area contributed by atoms with Gasteiger partial charge in [0, 0.05) is 17.0 Å². The van der Waals surface area contributed by atoms with Gasteiger partial charge in [-0.1, -0.05) is 6.92 Å². The summed E-state index contributed by atoms with van der Waals surface area (Å²) in [4.78, 5) is 12.3. The van der Waals surface area contributed by atoms with E-state index in [-0.39, 0.29) is 11.1 Å². The molecule has 5 aliphatic carbocycles. The molecule has 3 heteroatoms. The summed E-state index contributed by atoms with van der Waals surface area (Å²) in [6.07, 6.45) is 8.24. The Bertz CT molecular complexity index is 391. The maximum atomic E-state index is 12.3. The van der Waals surface area contributed by atoms with Crippen LogP contribution in [0.3, 0.4) is 0 Å². The van der Waals surface area contributed by atoms with Crippen LogP contribution in [0.2, 0.25) is 0 Å². The molecule has 0 aromatic heterocycles. The Morgan fingerprint density at radius 1 is 1.17 bits per heavy atom. The molecule has 100 valence electrons. The summed E-state index contributed by atoms with van der Waals surface area (Å²) in [6, 6.07) is 0. The van der Waals surface area contributed by atoms with Crippen LogP contribution in [0.5, 0.6) is 0 Å². The second-order valence-electron chi connectivity index (χ2n) is 7.91. The van der Waals surface area contributed by atoms with E-state index in [1.807, 2.05) is 0 Å². The number of carbonyl (C=O) groups excluding carboxylic acids is 1. The molecule has 1 amide bonds. The third kappa shape index (κ3) is 1.63. The van der Waals surface area contributed by atoms with Gasteiger partial charge in [-0.3, -0.25) is 4.79 Å². The number of hydrogen-bond donors (Lipinski definition) is 2. The molecule has 5 aliphatic rings. The smallest absolute Gasteiger partial charge is 0.223 e. The molecule has 0 aromatic carbocycles. The van der Waals surface area contributed by atoms with E-state index in [0.717, 1.165) is 24.7 Å². The highest BCUT2D eigenvalue weighted by Gasteiger charge is 2.57. The first-order chi connectivity index (χ1) is 8.47. The number of nitrogens with two attached hydrogens (primary N) is 1. The van der Waals surface area contributed by atoms with E-state index >= 15 is 0 Å². The minimum atomic E-state index is 0.0343. The topological polar surface area (TPSA) is 55.1 Å². The van der Waals surface area contributed by atoms with Gasteiger partial charge >= 0.3 is 0 Å². The second-order valence-corrected chi connectivity index (χ2v) is 7.91. The Kier molecular flexibility index (Phi) is 2.07. The molecule has 4 atom stereocenters. The van der Waals surface area contributed by atoms with Crippen LogP contribution in [0.1, 0.15) is 51.9 Å². The van der Waals surface area contributed by atoms with Crippen LogP contribution in [-0.2, 0) is 4.79 Å². The van der Waals surface area contributed by atoms with Crippen molar-refractivity contribution in [2.24, 2.45) is 29.4 Å². The second kappa shape index (κ2) is 3.30. The first-order valence-corrected chi connectivity index (χ1v) is 7.58. The van der Waals surface area contributed by atoms with Crippen molar-refractivity contribution in [3.8, 4) is 0 Å². The van der Waals surface area contributed by atoms with Crippen molar-refractivity contribution in [3.63, 3.8) is 0 Å². The first kappa shape index (κ1) is 11.3. The molecular weight excluding hydrogens is 224 g/mol. The lowest BCUT2D eigenvalue weighted by atomic mass is 9.50. The van der Waals surface area contributed by atoms with Gasteiger partial charge in [0.2, 0.25) is 5.91 Å². The van der Waals surface area contributed by atoms with E-state index in [1.54, 1.807) is 0 Å². The minimum Gasteiger partial charge on any atom is -0.350 e. The Hall–Kier alpha value is -0.570. The van der Waals surface area contributed by atoms with Crippen molar-refractivity contribution < 1.29 is 4.79 Å². The van der Waals surface area contributed by atoms with Crippen molar-refractivity contribution >= 4 is 5.91 Å². The van der Waals surface area contributed by atoms with Crippen molar-refractivity contribution in [2.45, 2.75) is 62.9 Å². The number of carbonyl (C=O) groups is 1. The summed E-state index contributed by atoms with van der Waals surface area (Å²) in [7, 11) is 0. The predicted molar refractivity (Wildman–Crippen MR) is 69.7 cm³/mol. The molecule has 0 spiro atoms. The fourth-order valence-corrected chi connectivity index (χ4v) is 5.52. The van der Waals surface area contributed by atoms with Gasteiger partial charge in [-0.05, 0) is 62.7 Å². The van der Waals surface area contributed by atoms with E-state index in [1.165, 1.54) is 32.1 Å².